The van der Waals surface area contributed by atoms with Crippen LogP contribution in [-0.2, 0) is 18.5 Å². The topological polar surface area (TPSA) is 88.7 Å². The lowest BCUT2D eigenvalue weighted by atomic mass is 10.3. The van der Waals surface area contributed by atoms with Crippen molar-refractivity contribution in [2.45, 2.75) is 24.1 Å². The zero-order valence-corrected chi connectivity index (χ0v) is 17.9. The minimum atomic E-state index is -4.47. The summed E-state index contributed by atoms with van der Waals surface area (Å²) in [6.45, 7) is 6.65. The first kappa shape index (κ1) is 26.4. The molecule has 0 aromatic rings. The minimum Gasteiger partial charge on any atom is -0.484 e. The first-order chi connectivity index (χ1) is 14.1. The smallest absolute Gasteiger partial charge is 0.415 e. The quantitative estimate of drug-likeness (QED) is 0.248. The second-order valence-electron chi connectivity index (χ2n) is 5.74. The molecule has 2 atom stereocenters. The summed E-state index contributed by atoms with van der Waals surface area (Å²) in [5.74, 6) is -0.848. The van der Waals surface area contributed by atoms with Gasteiger partial charge in [-0.05, 0) is 12.2 Å². The van der Waals surface area contributed by atoms with E-state index in [4.69, 9.17) is 32.1 Å². The maximum atomic E-state index is 12.5. The summed E-state index contributed by atoms with van der Waals surface area (Å²) in [6.07, 6.45) is -2.63. The van der Waals surface area contributed by atoms with Gasteiger partial charge in [-0.1, -0.05) is 36.4 Å². The van der Waals surface area contributed by atoms with Crippen molar-refractivity contribution in [3.8, 4) is 0 Å². The Kier molecular flexibility index (Phi) is 11.3. The van der Waals surface area contributed by atoms with E-state index < -0.39 is 29.5 Å². The summed E-state index contributed by atoms with van der Waals surface area (Å²) in [5.41, 5.74) is 1.42. The van der Waals surface area contributed by atoms with E-state index in [0.29, 0.717) is 5.70 Å². The van der Waals surface area contributed by atoms with Crippen molar-refractivity contribution < 1.29 is 31.7 Å². The van der Waals surface area contributed by atoms with Crippen LogP contribution < -0.4 is 16.0 Å². The molecule has 30 heavy (non-hydrogen) atoms. The summed E-state index contributed by atoms with van der Waals surface area (Å²) < 4.78 is 47.6. The fourth-order valence-corrected chi connectivity index (χ4v) is 2.78. The fraction of sp³-hybridized carbons (Fsp3) is 0.412. The molecule has 1 aliphatic heterocycles. The molecule has 1 aliphatic rings. The number of carbonyl (C=O) groups excluding carboxylic acids is 2. The van der Waals surface area contributed by atoms with Crippen LogP contribution in [0.15, 0.2) is 47.3 Å². The van der Waals surface area contributed by atoms with Crippen LogP contribution in [0.1, 0.15) is 6.42 Å². The van der Waals surface area contributed by atoms with E-state index in [1.165, 1.54) is 12.2 Å². The molecule has 0 aromatic heterocycles. The van der Waals surface area contributed by atoms with Gasteiger partial charge in [0, 0.05) is 42.8 Å². The van der Waals surface area contributed by atoms with Gasteiger partial charge in [0.15, 0.2) is 18.1 Å². The molecular formula is C17H20Cl2F3N3O4S. The van der Waals surface area contributed by atoms with Gasteiger partial charge in [-0.3, -0.25) is 19.1 Å². The Morgan fingerprint density at radius 3 is 2.63 bits per heavy atom. The first-order valence-electron chi connectivity index (χ1n) is 8.37. The number of halogens is 5. The van der Waals surface area contributed by atoms with Crippen LogP contribution in [-0.4, -0.2) is 49.2 Å². The SMILES string of the molecule is C=C/C(=C\C(Cl)=C\Cl)OCC(=O)NC(=C)CCNC(=O)C1CNC(C(F)(F)F)SO1. The summed E-state index contributed by atoms with van der Waals surface area (Å²) in [5, 5.41) is 5.49. The lowest BCUT2D eigenvalue weighted by Gasteiger charge is -2.29. The third kappa shape index (κ3) is 9.90. The van der Waals surface area contributed by atoms with Gasteiger partial charge in [0.2, 0.25) is 0 Å². The summed E-state index contributed by atoms with van der Waals surface area (Å²) in [6, 6.07) is 0. The molecule has 0 saturated carbocycles. The van der Waals surface area contributed by atoms with Crippen LogP contribution in [0.3, 0.4) is 0 Å². The zero-order valence-electron chi connectivity index (χ0n) is 15.6. The van der Waals surface area contributed by atoms with E-state index in [-0.39, 0.29) is 49.0 Å². The van der Waals surface area contributed by atoms with E-state index in [0.717, 1.165) is 5.54 Å². The molecule has 0 aromatic carbocycles. The number of carbonyl (C=O) groups is 2. The maximum Gasteiger partial charge on any atom is 0.415 e. The Labute approximate surface area is 185 Å². The number of ether oxygens (including phenoxy) is 1. The monoisotopic (exact) mass is 489 g/mol. The van der Waals surface area contributed by atoms with Crippen molar-refractivity contribution in [2.75, 3.05) is 19.7 Å². The molecule has 0 aliphatic carbocycles. The minimum absolute atomic E-state index is 0.0972. The van der Waals surface area contributed by atoms with Gasteiger partial charge in [-0.15, -0.1) is 0 Å². The highest BCUT2D eigenvalue weighted by atomic mass is 35.5. The molecular weight excluding hydrogens is 470 g/mol. The highest BCUT2D eigenvalue weighted by Gasteiger charge is 2.44. The van der Waals surface area contributed by atoms with Crippen LogP contribution in [0.4, 0.5) is 13.2 Å². The largest absolute Gasteiger partial charge is 0.484 e. The Morgan fingerprint density at radius 2 is 2.10 bits per heavy atom. The van der Waals surface area contributed by atoms with Crippen molar-refractivity contribution in [2.24, 2.45) is 0 Å². The number of rotatable bonds is 10. The second kappa shape index (κ2) is 12.9. The van der Waals surface area contributed by atoms with Crippen LogP contribution in [0.2, 0.25) is 0 Å². The first-order valence-corrected chi connectivity index (χ1v) is 9.99. The average Bonchev–Trinajstić information content (AvgIpc) is 2.70. The molecule has 3 N–H and O–H groups in total. The van der Waals surface area contributed by atoms with E-state index in [1.807, 2.05) is 0 Å². The standard InChI is InChI=1S/C17H20Cl2F3N3O4S/c1-3-12(6-11(19)7-18)28-9-14(26)25-10(2)4-5-23-15(27)13-8-24-16(30-29-13)17(20,21)22/h3,6-7,13,16,24H,1-2,4-5,8-9H2,(H,23,27)(H,25,26)/b11-7-,12-6+. The third-order valence-corrected chi connectivity index (χ3v) is 4.88. The number of nitrogens with one attached hydrogen (secondary N) is 3. The molecule has 168 valence electrons. The van der Waals surface area contributed by atoms with Gasteiger partial charge in [-0.25, -0.2) is 0 Å². The molecule has 1 saturated heterocycles. The molecule has 13 heteroatoms. The molecule has 0 bridgehead atoms. The molecule has 1 fully saturated rings. The second-order valence-corrected chi connectivity index (χ2v) is 7.25. The molecule has 0 radical (unpaired) electrons. The predicted octanol–water partition coefficient (Wildman–Crippen LogP) is 3.05. The Balaban J connectivity index is 2.28. The van der Waals surface area contributed by atoms with Crippen molar-refractivity contribution in [3.63, 3.8) is 0 Å². The zero-order chi connectivity index (χ0) is 22.7. The van der Waals surface area contributed by atoms with E-state index in [2.05, 4.69) is 29.1 Å². The molecule has 0 spiro atoms. The number of hydrogen-bond acceptors (Lipinski definition) is 6. The highest BCUT2D eigenvalue weighted by Crippen LogP contribution is 2.32. The normalized spacial score (nSPS) is 20.3. The predicted molar refractivity (Wildman–Crippen MR) is 109 cm³/mol. The van der Waals surface area contributed by atoms with Gasteiger partial charge >= 0.3 is 6.18 Å². The van der Waals surface area contributed by atoms with Crippen LogP contribution >= 0.6 is 35.2 Å². The van der Waals surface area contributed by atoms with Crippen molar-refractivity contribution in [1.29, 1.82) is 0 Å². The molecule has 1 heterocycles. The van der Waals surface area contributed by atoms with Gasteiger partial charge < -0.3 is 15.4 Å². The van der Waals surface area contributed by atoms with E-state index in [9.17, 15) is 22.8 Å². The van der Waals surface area contributed by atoms with Gasteiger partial charge in [0.1, 0.15) is 5.76 Å². The number of hydrogen-bond donors (Lipinski definition) is 3. The van der Waals surface area contributed by atoms with Gasteiger partial charge in [0.05, 0.1) is 5.03 Å². The molecule has 2 amide bonds. The Bertz CT molecular complexity index is 709. The van der Waals surface area contributed by atoms with Crippen LogP contribution in [0.25, 0.3) is 0 Å². The van der Waals surface area contributed by atoms with Crippen LogP contribution in [0, 0.1) is 0 Å². The Morgan fingerprint density at radius 1 is 1.40 bits per heavy atom. The fourth-order valence-electron chi connectivity index (χ4n) is 1.93. The molecule has 1 rings (SSSR count). The maximum absolute atomic E-state index is 12.5. The van der Waals surface area contributed by atoms with Crippen LogP contribution in [0.5, 0.6) is 0 Å². The van der Waals surface area contributed by atoms with Crippen molar-refractivity contribution in [3.05, 3.63) is 47.3 Å². The molecule has 2 unspecified atom stereocenters. The lowest BCUT2D eigenvalue weighted by molar-refractivity contribution is -0.143. The Hall–Kier alpha value is -1.66. The van der Waals surface area contributed by atoms with Crippen molar-refractivity contribution in [1.82, 2.24) is 16.0 Å². The molecule has 7 nitrogen and oxygen atoms in total. The summed E-state index contributed by atoms with van der Waals surface area (Å²) in [7, 11) is 0. The van der Waals surface area contributed by atoms with Crippen molar-refractivity contribution >= 4 is 47.1 Å². The highest BCUT2D eigenvalue weighted by molar-refractivity contribution is 7.95. The number of allylic oxidation sites excluding steroid dienone is 3. The van der Waals surface area contributed by atoms with Gasteiger partial charge in [-0.2, -0.15) is 13.2 Å². The summed E-state index contributed by atoms with van der Waals surface area (Å²) in [4.78, 5) is 23.8. The lowest BCUT2D eigenvalue weighted by Crippen LogP contribution is -2.52. The van der Waals surface area contributed by atoms with Gasteiger partial charge in [0.25, 0.3) is 11.8 Å². The third-order valence-electron chi connectivity index (χ3n) is 3.34. The number of alkyl halides is 3. The summed E-state index contributed by atoms with van der Waals surface area (Å²) >= 11 is 11.3. The average molecular weight is 490 g/mol. The number of amides is 2. The van der Waals surface area contributed by atoms with E-state index in [1.54, 1.807) is 0 Å². The van der Waals surface area contributed by atoms with E-state index >= 15 is 0 Å².